The summed E-state index contributed by atoms with van der Waals surface area (Å²) in [6.45, 7) is 4.16. The van der Waals surface area contributed by atoms with Gasteiger partial charge in [0.1, 0.15) is 6.33 Å². The lowest BCUT2D eigenvalue weighted by atomic mass is 10.3. The molecule has 1 N–H and O–H groups in total. The van der Waals surface area contributed by atoms with Crippen LogP contribution in [0.25, 0.3) is 0 Å². The zero-order valence-corrected chi connectivity index (χ0v) is 9.96. The Balaban J connectivity index is 2.26. The van der Waals surface area contributed by atoms with Crippen LogP contribution >= 0.6 is 11.8 Å². The molecule has 1 atom stereocenters. The molecule has 0 fully saturated rings. The zero-order valence-electron chi connectivity index (χ0n) is 9.14. The highest BCUT2D eigenvalue weighted by molar-refractivity contribution is 7.99. The predicted octanol–water partition coefficient (Wildman–Crippen LogP) is 1.97. The number of aromatic nitrogens is 2. The Morgan fingerprint density at radius 2 is 2.47 bits per heavy atom. The highest BCUT2D eigenvalue weighted by atomic mass is 32.2. The standard InChI is InChI=1S/C10H17N3OS/c1-3-15-7-4-9(2)12-10(14)13-6-5-11-8-13/h5-6,8-9H,3-4,7H2,1-2H3,(H,12,14). The highest BCUT2D eigenvalue weighted by Crippen LogP contribution is 2.03. The van der Waals surface area contributed by atoms with E-state index in [4.69, 9.17) is 0 Å². The van der Waals surface area contributed by atoms with Crippen LogP contribution in [0.15, 0.2) is 18.7 Å². The van der Waals surface area contributed by atoms with Gasteiger partial charge >= 0.3 is 6.03 Å². The quantitative estimate of drug-likeness (QED) is 0.782. The van der Waals surface area contributed by atoms with Crippen LogP contribution in [0.1, 0.15) is 20.3 Å². The van der Waals surface area contributed by atoms with E-state index in [1.54, 1.807) is 12.4 Å². The number of imidazole rings is 1. The number of carbonyl (C=O) groups is 1. The normalized spacial score (nSPS) is 12.4. The first-order valence-electron chi connectivity index (χ1n) is 5.10. The van der Waals surface area contributed by atoms with E-state index in [-0.39, 0.29) is 12.1 Å². The molecule has 5 heteroatoms. The van der Waals surface area contributed by atoms with Crippen LogP contribution in [0.2, 0.25) is 0 Å². The largest absolute Gasteiger partial charge is 0.335 e. The van der Waals surface area contributed by atoms with Crippen molar-refractivity contribution in [2.75, 3.05) is 11.5 Å². The lowest BCUT2D eigenvalue weighted by Crippen LogP contribution is -2.35. The lowest BCUT2D eigenvalue weighted by molar-refractivity contribution is 0.239. The molecule has 0 spiro atoms. The van der Waals surface area contributed by atoms with Gasteiger partial charge in [-0.15, -0.1) is 0 Å². The maximum atomic E-state index is 11.6. The molecule has 0 saturated heterocycles. The van der Waals surface area contributed by atoms with Crippen molar-refractivity contribution < 1.29 is 4.79 Å². The minimum Gasteiger partial charge on any atom is -0.335 e. The molecule has 0 aromatic carbocycles. The predicted molar refractivity (Wildman–Crippen MR) is 63.2 cm³/mol. The second kappa shape index (κ2) is 6.50. The Bertz CT molecular complexity index is 287. The number of rotatable bonds is 5. The number of nitrogens with one attached hydrogen (secondary N) is 1. The first-order valence-corrected chi connectivity index (χ1v) is 6.26. The Morgan fingerprint density at radius 1 is 1.67 bits per heavy atom. The van der Waals surface area contributed by atoms with Gasteiger partial charge in [0.2, 0.25) is 0 Å². The highest BCUT2D eigenvalue weighted by Gasteiger charge is 2.07. The minimum absolute atomic E-state index is 0.110. The number of carbonyl (C=O) groups excluding carboxylic acids is 1. The van der Waals surface area contributed by atoms with Crippen molar-refractivity contribution in [3.05, 3.63) is 18.7 Å². The van der Waals surface area contributed by atoms with Crippen molar-refractivity contribution in [2.45, 2.75) is 26.3 Å². The second-order valence-electron chi connectivity index (χ2n) is 3.31. The van der Waals surface area contributed by atoms with Crippen molar-refractivity contribution in [2.24, 2.45) is 0 Å². The van der Waals surface area contributed by atoms with Crippen LogP contribution in [-0.2, 0) is 0 Å². The van der Waals surface area contributed by atoms with Crippen molar-refractivity contribution >= 4 is 17.8 Å². The summed E-state index contributed by atoms with van der Waals surface area (Å²) in [6, 6.07) is 0.0976. The Morgan fingerprint density at radius 3 is 3.07 bits per heavy atom. The first-order chi connectivity index (χ1) is 7.24. The van der Waals surface area contributed by atoms with E-state index in [1.165, 1.54) is 10.9 Å². The van der Waals surface area contributed by atoms with Gasteiger partial charge in [-0.25, -0.2) is 9.78 Å². The van der Waals surface area contributed by atoms with Gasteiger partial charge in [-0.2, -0.15) is 11.8 Å². The fourth-order valence-corrected chi connectivity index (χ4v) is 1.95. The zero-order chi connectivity index (χ0) is 11.1. The SMILES string of the molecule is CCSCCC(C)NC(=O)n1ccnc1. The molecule has 15 heavy (non-hydrogen) atoms. The molecule has 1 rings (SSSR count). The molecule has 84 valence electrons. The average Bonchev–Trinajstić information content (AvgIpc) is 2.70. The summed E-state index contributed by atoms with van der Waals surface area (Å²) in [5.74, 6) is 2.21. The molecule has 0 aliphatic rings. The number of nitrogens with zero attached hydrogens (tertiary/aromatic N) is 2. The van der Waals surface area contributed by atoms with E-state index in [0.717, 1.165) is 17.9 Å². The van der Waals surface area contributed by atoms with Gasteiger partial charge in [-0.3, -0.25) is 4.57 Å². The molecule has 0 saturated carbocycles. The fourth-order valence-electron chi connectivity index (χ4n) is 1.14. The molecule has 0 aliphatic carbocycles. The van der Waals surface area contributed by atoms with Crippen molar-refractivity contribution in [1.29, 1.82) is 0 Å². The van der Waals surface area contributed by atoms with Crippen LogP contribution in [0.3, 0.4) is 0 Å². The summed E-state index contributed by atoms with van der Waals surface area (Å²) < 4.78 is 1.45. The summed E-state index contributed by atoms with van der Waals surface area (Å²) in [6.07, 6.45) is 5.74. The molecular formula is C10H17N3OS. The lowest BCUT2D eigenvalue weighted by Gasteiger charge is -2.13. The third-order valence-electron chi connectivity index (χ3n) is 2.01. The maximum absolute atomic E-state index is 11.6. The summed E-state index contributed by atoms with van der Waals surface area (Å²) in [7, 11) is 0. The number of thioether (sulfide) groups is 1. The monoisotopic (exact) mass is 227 g/mol. The fraction of sp³-hybridized carbons (Fsp3) is 0.600. The molecule has 1 aromatic heterocycles. The minimum atomic E-state index is -0.110. The van der Waals surface area contributed by atoms with Crippen LogP contribution in [0.4, 0.5) is 4.79 Å². The average molecular weight is 227 g/mol. The number of hydrogen-bond acceptors (Lipinski definition) is 3. The third-order valence-corrected chi connectivity index (χ3v) is 2.94. The molecule has 1 aromatic rings. The summed E-state index contributed by atoms with van der Waals surface area (Å²) in [5.41, 5.74) is 0. The maximum Gasteiger partial charge on any atom is 0.327 e. The second-order valence-corrected chi connectivity index (χ2v) is 4.70. The smallest absolute Gasteiger partial charge is 0.327 e. The van der Waals surface area contributed by atoms with Crippen LogP contribution < -0.4 is 5.32 Å². The summed E-state index contributed by atoms with van der Waals surface area (Å²) in [5, 5.41) is 2.91. The molecule has 1 heterocycles. The van der Waals surface area contributed by atoms with E-state index in [0.29, 0.717) is 0 Å². The van der Waals surface area contributed by atoms with Crippen LogP contribution in [0.5, 0.6) is 0 Å². The van der Waals surface area contributed by atoms with Crippen molar-refractivity contribution in [3.8, 4) is 0 Å². The Hall–Kier alpha value is -0.970. The first kappa shape index (κ1) is 12.1. The van der Waals surface area contributed by atoms with Crippen LogP contribution in [0, 0.1) is 0 Å². The van der Waals surface area contributed by atoms with E-state index >= 15 is 0 Å². The third kappa shape index (κ3) is 4.38. The van der Waals surface area contributed by atoms with Gasteiger partial charge in [0.15, 0.2) is 0 Å². The van der Waals surface area contributed by atoms with Gasteiger partial charge in [0.25, 0.3) is 0 Å². The Kier molecular flexibility index (Phi) is 5.25. The number of amides is 1. The van der Waals surface area contributed by atoms with Gasteiger partial charge in [0.05, 0.1) is 0 Å². The van der Waals surface area contributed by atoms with Crippen molar-refractivity contribution in [3.63, 3.8) is 0 Å². The van der Waals surface area contributed by atoms with E-state index in [2.05, 4.69) is 17.2 Å². The summed E-state index contributed by atoms with van der Waals surface area (Å²) in [4.78, 5) is 15.4. The van der Waals surface area contributed by atoms with E-state index in [1.807, 2.05) is 18.7 Å². The van der Waals surface area contributed by atoms with E-state index < -0.39 is 0 Å². The van der Waals surface area contributed by atoms with Gasteiger partial charge in [-0.1, -0.05) is 6.92 Å². The molecular weight excluding hydrogens is 210 g/mol. The number of hydrogen-bond donors (Lipinski definition) is 1. The van der Waals surface area contributed by atoms with Crippen LogP contribution in [-0.4, -0.2) is 33.1 Å². The molecule has 0 radical (unpaired) electrons. The Labute approximate surface area is 94.5 Å². The molecule has 1 unspecified atom stereocenters. The van der Waals surface area contributed by atoms with Gasteiger partial charge in [-0.05, 0) is 24.9 Å². The molecule has 0 aliphatic heterocycles. The molecule has 4 nitrogen and oxygen atoms in total. The molecule has 1 amide bonds. The van der Waals surface area contributed by atoms with Crippen molar-refractivity contribution in [1.82, 2.24) is 14.9 Å². The van der Waals surface area contributed by atoms with E-state index in [9.17, 15) is 4.79 Å². The molecule has 0 bridgehead atoms. The summed E-state index contributed by atoms with van der Waals surface area (Å²) >= 11 is 1.89. The topological polar surface area (TPSA) is 46.9 Å². The van der Waals surface area contributed by atoms with Gasteiger partial charge < -0.3 is 5.32 Å². The van der Waals surface area contributed by atoms with Gasteiger partial charge in [0, 0.05) is 18.4 Å².